The molecule has 18 heavy (non-hydrogen) atoms. The summed E-state index contributed by atoms with van der Waals surface area (Å²) in [7, 11) is -2.47. The Hall–Kier alpha value is -0.210. The van der Waals surface area contributed by atoms with Crippen LogP contribution in [-0.2, 0) is 10.2 Å². The fraction of sp³-hybridized carbons (Fsp3) is 0.333. The zero-order valence-electron chi connectivity index (χ0n) is 9.31. The molecule has 0 atom stereocenters. The number of thioether (sulfide) groups is 1. The number of benzene rings is 1. The second-order valence-corrected chi connectivity index (χ2v) is 7.86. The summed E-state index contributed by atoms with van der Waals surface area (Å²) in [6, 6.07) is 8.34. The van der Waals surface area contributed by atoms with Crippen molar-refractivity contribution in [3.63, 3.8) is 0 Å². The van der Waals surface area contributed by atoms with Crippen molar-refractivity contribution in [2.24, 2.45) is 0 Å². The van der Waals surface area contributed by atoms with Gasteiger partial charge in [0.1, 0.15) is 0 Å². The number of para-hydroxylation sites is 1. The summed E-state index contributed by atoms with van der Waals surface area (Å²) < 4.78 is 37.2. The minimum absolute atomic E-state index is 0.217. The number of hydrogen-bond donors (Lipinski definition) is 1. The number of hydrogen-bond acceptors (Lipinski definition) is 3. The van der Waals surface area contributed by atoms with Gasteiger partial charge in [0.25, 0.3) is 0 Å². The van der Waals surface area contributed by atoms with Gasteiger partial charge in [0, 0.05) is 12.7 Å². The summed E-state index contributed by atoms with van der Waals surface area (Å²) in [6.07, 6.45) is 0. The quantitative estimate of drug-likeness (QED) is 0.643. The smallest absolute Gasteiger partial charge is 0.271 e. The molecule has 0 bridgehead atoms. The van der Waals surface area contributed by atoms with Crippen molar-refractivity contribution in [3.05, 3.63) is 30.3 Å². The van der Waals surface area contributed by atoms with E-state index in [1.165, 1.54) is 7.05 Å². The summed E-state index contributed by atoms with van der Waals surface area (Å²) in [5.74, 6) is -0.217. The Bertz CT molecular complexity index is 479. The molecule has 0 aliphatic rings. The first-order valence-electron chi connectivity index (χ1n) is 4.70. The number of rotatable bonds is 6. The predicted molar refractivity (Wildman–Crippen MR) is 74.8 cm³/mol. The molecule has 0 spiro atoms. The maximum Gasteiger partial charge on any atom is 0.306 e. The molecule has 0 amide bonds. The molecule has 0 fully saturated rings. The third kappa shape index (κ3) is 5.62. The van der Waals surface area contributed by atoms with Gasteiger partial charge in [-0.3, -0.25) is 4.72 Å². The first-order chi connectivity index (χ1) is 8.21. The first kappa shape index (κ1) is 15.8. The van der Waals surface area contributed by atoms with E-state index in [9.17, 15) is 12.8 Å². The number of anilines is 1. The number of nitrogens with one attached hydrogen (secondary N) is 1. The summed E-state index contributed by atoms with van der Waals surface area (Å²) in [5.41, 5.74) is 0.414. The lowest BCUT2D eigenvalue weighted by Crippen LogP contribution is -2.33. The zero-order chi connectivity index (χ0) is 13.8. The third-order valence-corrected chi connectivity index (χ3v) is 4.95. The molecular weight excluding hydrogens is 322 g/mol. The van der Waals surface area contributed by atoms with Gasteiger partial charge in [0.15, 0.2) is 0 Å². The topological polar surface area (TPSA) is 49.4 Å². The highest BCUT2D eigenvalue weighted by Crippen LogP contribution is 2.36. The Morgan fingerprint density at radius 1 is 1.39 bits per heavy atom. The maximum absolute atomic E-state index is 12.8. The normalized spacial score (nSPS) is 12.7. The molecule has 0 saturated carbocycles. The summed E-state index contributed by atoms with van der Waals surface area (Å²) in [6.45, 7) is 0. The van der Waals surface area contributed by atoms with E-state index in [1.54, 1.807) is 30.3 Å². The molecule has 0 radical (unpaired) electrons. The SMILES string of the molecule is CN(CSC(F)(Cl)Cl)S(=O)(=O)Nc1ccccc1. The van der Waals surface area contributed by atoms with Crippen molar-refractivity contribution < 1.29 is 12.8 Å². The lowest BCUT2D eigenvalue weighted by Gasteiger charge is -2.19. The number of nitrogens with zero attached hydrogens (tertiary/aromatic N) is 1. The van der Waals surface area contributed by atoms with Gasteiger partial charge in [0.05, 0.1) is 5.88 Å². The second-order valence-electron chi connectivity index (χ2n) is 3.29. The van der Waals surface area contributed by atoms with E-state index in [1.807, 2.05) is 0 Å². The van der Waals surface area contributed by atoms with Gasteiger partial charge in [0.2, 0.25) is 0 Å². The van der Waals surface area contributed by atoms with Crippen LogP contribution in [0.1, 0.15) is 0 Å². The predicted octanol–water partition coefficient (Wildman–Crippen LogP) is 3.02. The van der Waals surface area contributed by atoms with E-state index in [2.05, 4.69) is 4.72 Å². The molecule has 0 aliphatic heterocycles. The Morgan fingerprint density at radius 3 is 2.44 bits per heavy atom. The fourth-order valence-corrected chi connectivity index (χ4v) is 2.89. The Morgan fingerprint density at radius 2 is 1.94 bits per heavy atom. The molecule has 9 heteroatoms. The van der Waals surface area contributed by atoms with Gasteiger partial charge in [-0.2, -0.15) is 17.1 Å². The van der Waals surface area contributed by atoms with Crippen LogP contribution in [0.3, 0.4) is 0 Å². The van der Waals surface area contributed by atoms with Crippen LogP contribution < -0.4 is 4.72 Å². The lowest BCUT2D eigenvalue weighted by molar-refractivity contribution is 0.500. The Labute approximate surface area is 120 Å². The van der Waals surface area contributed by atoms with Crippen LogP contribution in [0.4, 0.5) is 10.1 Å². The second kappa shape index (κ2) is 6.29. The van der Waals surface area contributed by atoms with Gasteiger partial charge in [-0.25, -0.2) is 0 Å². The van der Waals surface area contributed by atoms with Crippen molar-refractivity contribution in [1.29, 1.82) is 0 Å². The molecule has 102 valence electrons. The molecule has 1 rings (SSSR count). The van der Waals surface area contributed by atoms with Gasteiger partial charge in [-0.1, -0.05) is 53.2 Å². The summed E-state index contributed by atoms with van der Waals surface area (Å²) in [4.78, 5) is 0. The van der Waals surface area contributed by atoms with Crippen LogP contribution in [0.25, 0.3) is 0 Å². The summed E-state index contributed by atoms with van der Waals surface area (Å²) >= 11 is 10.7. The Balaban J connectivity index is 2.64. The molecule has 0 unspecified atom stereocenters. The largest absolute Gasteiger partial charge is 0.306 e. The first-order valence-corrected chi connectivity index (χ1v) is 7.89. The van der Waals surface area contributed by atoms with Crippen molar-refractivity contribution in [2.45, 2.75) is 3.92 Å². The molecule has 0 heterocycles. The van der Waals surface area contributed by atoms with Gasteiger partial charge < -0.3 is 0 Å². The van der Waals surface area contributed by atoms with Crippen LogP contribution >= 0.6 is 35.0 Å². The number of halogens is 3. The average molecular weight is 333 g/mol. The van der Waals surface area contributed by atoms with E-state index in [0.717, 1.165) is 4.31 Å². The van der Waals surface area contributed by atoms with Gasteiger partial charge in [-0.15, -0.1) is 0 Å². The molecule has 0 saturated heterocycles. The van der Waals surface area contributed by atoms with Crippen LogP contribution in [0.5, 0.6) is 0 Å². The van der Waals surface area contributed by atoms with Gasteiger partial charge >= 0.3 is 14.1 Å². The molecular formula is C9H11Cl2FN2O2S2. The van der Waals surface area contributed by atoms with E-state index in [0.29, 0.717) is 17.4 Å². The molecule has 1 aromatic carbocycles. The maximum atomic E-state index is 12.8. The highest BCUT2D eigenvalue weighted by molar-refractivity contribution is 8.03. The van der Waals surface area contributed by atoms with Crippen molar-refractivity contribution in [1.82, 2.24) is 4.31 Å². The molecule has 1 aromatic rings. The average Bonchev–Trinajstić information content (AvgIpc) is 2.25. The van der Waals surface area contributed by atoms with E-state index in [4.69, 9.17) is 23.2 Å². The standard InChI is InChI=1S/C9H11Cl2FN2O2S2/c1-14(7-17-9(10,11)12)18(15,16)13-8-5-3-2-4-6-8/h2-6,13H,7H2,1H3. The molecule has 4 nitrogen and oxygen atoms in total. The van der Waals surface area contributed by atoms with Crippen LogP contribution in [0, 0.1) is 0 Å². The van der Waals surface area contributed by atoms with Crippen molar-refractivity contribution in [3.8, 4) is 0 Å². The fourth-order valence-electron chi connectivity index (χ4n) is 0.967. The lowest BCUT2D eigenvalue weighted by atomic mass is 10.3. The van der Waals surface area contributed by atoms with Crippen molar-refractivity contribution >= 4 is 50.9 Å². The van der Waals surface area contributed by atoms with E-state index < -0.39 is 14.1 Å². The molecule has 0 aromatic heterocycles. The highest BCUT2D eigenvalue weighted by Gasteiger charge is 2.26. The van der Waals surface area contributed by atoms with E-state index >= 15 is 0 Å². The molecule has 1 N–H and O–H groups in total. The summed E-state index contributed by atoms with van der Waals surface area (Å²) in [5, 5.41) is 0. The number of alkyl halides is 3. The third-order valence-electron chi connectivity index (χ3n) is 1.84. The minimum Gasteiger partial charge on any atom is -0.271 e. The monoisotopic (exact) mass is 332 g/mol. The van der Waals surface area contributed by atoms with Crippen LogP contribution in [0.15, 0.2) is 30.3 Å². The Kier molecular flexibility index (Phi) is 5.54. The van der Waals surface area contributed by atoms with Crippen LogP contribution in [-0.4, -0.2) is 29.6 Å². The van der Waals surface area contributed by atoms with Crippen LogP contribution in [0.2, 0.25) is 0 Å². The van der Waals surface area contributed by atoms with E-state index in [-0.39, 0.29) is 5.88 Å². The van der Waals surface area contributed by atoms with Gasteiger partial charge in [-0.05, 0) is 12.1 Å². The minimum atomic E-state index is -3.76. The zero-order valence-corrected chi connectivity index (χ0v) is 12.5. The molecule has 0 aliphatic carbocycles. The van der Waals surface area contributed by atoms with Crippen molar-refractivity contribution in [2.75, 3.05) is 17.6 Å². The highest BCUT2D eigenvalue weighted by atomic mass is 35.5.